The van der Waals surface area contributed by atoms with Gasteiger partial charge in [0.1, 0.15) is 22.3 Å². The second-order valence-electron chi connectivity index (χ2n) is 8.36. The van der Waals surface area contributed by atoms with Gasteiger partial charge in [-0.2, -0.15) is 0 Å². The van der Waals surface area contributed by atoms with E-state index >= 15 is 0 Å². The quantitative estimate of drug-likeness (QED) is 0.267. The number of furan rings is 2. The van der Waals surface area contributed by atoms with Gasteiger partial charge in [-0.05, 0) is 54.7 Å². The molecular formula is C31H21NO2. The fourth-order valence-corrected chi connectivity index (χ4v) is 4.84. The molecule has 4 aromatic carbocycles. The lowest BCUT2D eigenvalue weighted by atomic mass is 9.97. The topological polar surface area (TPSA) is 39.2 Å². The molecule has 3 nitrogen and oxygen atoms in total. The third kappa shape index (κ3) is 2.67. The van der Waals surface area contributed by atoms with Gasteiger partial charge in [-0.3, -0.25) is 4.98 Å². The molecule has 0 aliphatic carbocycles. The number of fused-ring (bicyclic) bond motifs is 6. The van der Waals surface area contributed by atoms with E-state index in [1.54, 1.807) is 6.07 Å². The molecular weight excluding hydrogens is 418 g/mol. The predicted molar refractivity (Wildman–Crippen MR) is 139 cm³/mol. The molecule has 0 spiro atoms. The van der Waals surface area contributed by atoms with E-state index in [9.17, 15) is 0 Å². The third-order valence-corrected chi connectivity index (χ3v) is 6.40. The zero-order chi connectivity index (χ0) is 27.8. The highest BCUT2D eigenvalue weighted by molar-refractivity contribution is 6.18. The number of nitrogens with zero attached hydrogens (tertiary/aromatic N) is 1. The number of pyridine rings is 1. The summed E-state index contributed by atoms with van der Waals surface area (Å²) in [6, 6.07) is 26.8. The average Bonchev–Trinajstić information content (AvgIpc) is 3.50. The first-order chi connectivity index (χ1) is 19.1. The molecule has 0 aliphatic rings. The van der Waals surface area contributed by atoms with Gasteiger partial charge in [0, 0.05) is 47.1 Å². The maximum Gasteiger partial charge on any atom is 0.144 e. The van der Waals surface area contributed by atoms with Crippen LogP contribution in [0.25, 0.3) is 66.3 Å². The Morgan fingerprint density at radius 1 is 0.618 bits per heavy atom. The Labute approximate surface area is 204 Å². The van der Waals surface area contributed by atoms with Crippen molar-refractivity contribution in [3.05, 3.63) is 102 Å². The van der Waals surface area contributed by atoms with Crippen LogP contribution < -0.4 is 0 Å². The van der Waals surface area contributed by atoms with Crippen LogP contribution >= 0.6 is 0 Å². The molecule has 3 aromatic heterocycles. The Kier molecular flexibility index (Phi) is 2.91. The van der Waals surface area contributed by atoms with Crippen molar-refractivity contribution < 1.29 is 17.1 Å². The maximum absolute atomic E-state index is 7.96. The van der Waals surface area contributed by atoms with E-state index in [4.69, 9.17) is 17.1 Å². The van der Waals surface area contributed by atoms with Gasteiger partial charge in [0.25, 0.3) is 0 Å². The minimum Gasteiger partial charge on any atom is -0.456 e. The number of hydrogen-bond donors (Lipinski definition) is 0. The van der Waals surface area contributed by atoms with Crippen LogP contribution in [-0.2, 0) is 0 Å². The molecule has 0 saturated heterocycles. The van der Waals surface area contributed by atoms with Gasteiger partial charge in [-0.25, -0.2) is 0 Å². The fourth-order valence-electron chi connectivity index (χ4n) is 4.84. The van der Waals surface area contributed by atoms with Crippen LogP contribution in [0.15, 0.2) is 100.0 Å². The minimum atomic E-state index is -2.62. The standard InChI is InChI=1S/C31H21NO2/c1-18-16-26(32-17-19(18)2)24-13-6-12-23-22-11-5-10-21(30(22)34-31(23)24)20-9-7-15-28-29(20)25-8-3-4-14-27(25)33-28/h3-17H,1-2H3/i1D3,2D3. The van der Waals surface area contributed by atoms with E-state index < -0.39 is 13.7 Å². The van der Waals surface area contributed by atoms with Crippen LogP contribution in [0.4, 0.5) is 0 Å². The molecule has 0 unspecified atom stereocenters. The zero-order valence-electron chi connectivity index (χ0n) is 23.9. The Hall–Kier alpha value is -4.37. The zero-order valence-corrected chi connectivity index (χ0v) is 17.9. The molecule has 3 heteroatoms. The number of rotatable bonds is 2. The number of benzene rings is 4. The number of para-hydroxylation sites is 3. The highest BCUT2D eigenvalue weighted by Gasteiger charge is 2.19. The highest BCUT2D eigenvalue weighted by atomic mass is 16.3. The van der Waals surface area contributed by atoms with Crippen molar-refractivity contribution in [3.8, 4) is 22.4 Å². The molecule has 7 aromatic rings. The summed E-state index contributed by atoms with van der Waals surface area (Å²) in [7, 11) is 0. The van der Waals surface area contributed by atoms with Crippen molar-refractivity contribution >= 4 is 43.9 Å². The second-order valence-corrected chi connectivity index (χ2v) is 8.36. The Morgan fingerprint density at radius 2 is 1.29 bits per heavy atom. The summed E-state index contributed by atoms with van der Waals surface area (Å²) in [5, 5.41) is 3.75. The second kappa shape index (κ2) is 7.06. The van der Waals surface area contributed by atoms with Gasteiger partial charge in [0.15, 0.2) is 0 Å². The summed E-state index contributed by atoms with van der Waals surface area (Å²) in [6.07, 6.45) is 1.14. The largest absolute Gasteiger partial charge is 0.456 e. The first kappa shape index (κ1) is 14.0. The molecule has 0 fully saturated rings. The third-order valence-electron chi connectivity index (χ3n) is 6.40. The molecule has 3 heterocycles. The molecule has 0 amide bonds. The predicted octanol–water partition coefficient (Wildman–Crippen LogP) is 8.83. The first-order valence-corrected chi connectivity index (χ1v) is 11.0. The van der Waals surface area contributed by atoms with E-state index in [1.165, 1.54) is 6.07 Å². The lowest BCUT2D eigenvalue weighted by Crippen LogP contribution is -1.88. The van der Waals surface area contributed by atoms with E-state index in [1.807, 2.05) is 72.8 Å². The lowest BCUT2D eigenvalue weighted by Gasteiger charge is -2.05. The highest BCUT2D eigenvalue weighted by Crippen LogP contribution is 2.43. The van der Waals surface area contributed by atoms with Crippen LogP contribution in [0, 0.1) is 13.7 Å². The number of aryl methyl sites for hydroxylation is 2. The smallest absolute Gasteiger partial charge is 0.144 e. The monoisotopic (exact) mass is 445 g/mol. The van der Waals surface area contributed by atoms with E-state index in [0.717, 1.165) is 50.0 Å². The Balaban J connectivity index is 1.49. The summed E-state index contributed by atoms with van der Waals surface area (Å²) in [6.45, 7) is -5.23. The summed E-state index contributed by atoms with van der Waals surface area (Å²) >= 11 is 0. The molecule has 0 atom stereocenters. The van der Waals surface area contributed by atoms with Crippen LogP contribution in [-0.4, -0.2) is 4.98 Å². The molecule has 0 N–H and O–H groups in total. The molecule has 7 rings (SSSR count). The normalized spacial score (nSPS) is 15.2. The van der Waals surface area contributed by atoms with Crippen molar-refractivity contribution in [1.29, 1.82) is 0 Å². The van der Waals surface area contributed by atoms with Crippen molar-refractivity contribution in [3.63, 3.8) is 0 Å². The molecule has 34 heavy (non-hydrogen) atoms. The van der Waals surface area contributed by atoms with Crippen molar-refractivity contribution in [1.82, 2.24) is 4.98 Å². The fraction of sp³-hybridized carbons (Fsp3) is 0.0645. The van der Waals surface area contributed by atoms with E-state index in [0.29, 0.717) is 22.4 Å². The summed E-state index contributed by atoms with van der Waals surface area (Å²) in [4.78, 5) is 4.38. The van der Waals surface area contributed by atoms with Crippen LogP contribution in [0.5, 0.6) is 0 Å². The number of hydrogen-bond acceptors (Lipinski definition) is 3. The molecule has 0 aliphatic heterocycles. The lowest BCUT2D eigenvalue weighted by molar-refractivity contribution is 0.669. The van der Waals surface area contributed by atoms with Gasteiger partial charge >= 0.3 is 0 Å². The van der Waals surface area contributed by atoms with E-state index in [-0.39, 0.29) is 11.1 Å². The molecule has 0 bridgehead atoms. The molecule has 0 saturated carbocycles. The van der Waals surface area contributed by atoms with Crippen molar-refractivity contribution in [2.45, 2.75) is 13.7 Å². The Morgan fingerprint density at radius 3 is 2.15 bits per heavy atom. The Bertz CT molecular complexity index is 2100. The van der Waals surface area contributed by atoms with Crippen LogP contribution in [0.2, 0.25) is 0 Å². The SMILES string of the molecule is [2H]C([2H])([2H])c1cnc(-c2cccc3c2oc2c(-c4cccc5oc6ccccc6c45)cccc23)cc1C([2H])([2H])[2H]. The minimum absolute atomic E-state index is 0.246. The summed E-state index contributed by atoms with van der Waals surface area (Å²) < 4.78 is 59.9. The summed E-state index contributed by atoms with van der Waals surface area (Å²) in [5.41, 5.74) is 5.05. The van der Waals surface area contributed by atoms with Crippen molar-refractivity contribution in [2.75, 3.05) is 0 Å². The van der Waals surface area contributed by atoms with Crippen LogP contribution in [0.3, 0.4) is 0 Å². The molecule has 162 valence electrons. The van der Waals surface area contributed by atoms with E-state index in [2.05, 4.69) is 4.98 Å². The first-order valence-electron chi connectivity index (χ1n) is 14.0. The average molecular weight is 446 g/mol. The van der Waals surface area contributed by atoms with Crippen molar-refractivity contribution in [2.24, 2.45) is 0 Å². The molecule has 0 radical (unpaired) electrons. The van der Waals surface area contributed by atoms with Gasteiger partial charge in [0.2, 0.25) is 0 Å². The van der Waals surface area contributed by atoms with Crippen LogP contribution in [0.1, 0.15) is 19.4 Å². The van der Waals surface area contributed by atoms with Gasteiger partial charge in [0.05, 0.1) is 5.69 Å². The van der Waals surface area contributed by atoms with Gasteiger partial charge in [-0.15, -0.1) is 0 Å². The van der Waals surface area contributed by atoms with Gasteiger partial charge in [-0.1, -0.05) is 60.7 Å². The maximum atomic E-state index is 7.96. The number of aromatic nitrogens is 1. The summed E-state index contributed by atoms with van der Waals surface area (Å²) in [5.74, 6) is 0. The van der Waals surface area contributed by atoms with Gasteiger partial charge < -0.3 is 8.83 Å².